The van der Waals surface area contributed by atoms with Crippen LogP contribution in [0.4, 0.5) is 9.39 Å². The number of anilines is 1. The van der Waals surface area contributed by atoms with E-state index in [0.29, 0.717) is 12.8 Å². The number of hydrogen-bond donors (Lipinski definition) is 2. The van der Waals surface area contributed by atoms with Gasteiger partial charge in [-0.1, -0.05) is 12.1 Å². The van der Waals surface area contributed by atoms with Crippen molar-refractivity contribution in [2.45, 2.75) is 12.8 Å². The molecule has 0 radical (unpaired) electrons. The molecular formula is C16H14FN3OS. The third-order valence-electron chi connectivity index (χ3n) is 3.23. The lowest BCUT2D eigenvalue weighted by Crippen LogP contribution is -2.11. The van der Waals surface area contributed by atoms with Crippen LogP contribution in [0.1, 0.15) is 12.0 Å². The maximum absolute atomic E-state index is 12.8. The van der Waals surface area contributed by atoms with Gasteiger partial charge in [0.2, 0.25) is 5.91 Å². The zero-order chi connectivity index (χ0) is 15.4. The molecule has 2 heterocycles. The van der Waals surface area contributed by atoms with Crippen molar-refractivity contribution in [3.05, 3.63) is 59.4 Å². The van der Waals surface area contributed by atoms with Crippen molar-refractivity contribution >= 4 is 22.2 Å². The molecule has 0 aliphatic rings. The number of rotatable bonds is 5. The fraction of sp³-hybridized carbons (Fsp3) is 0.125. The van der Waals surface area contributed by atoms with E-state index in [4.69, 9.17) is 0 Å². The highest BCUT2D eigenvalue weighted by Crippen LogP contribution is 2.27. The van der Waals surface area contributed by atoms with E-state index in [-0.39, 0.29) is 11.7 Å². The molecule has 1 amide bonds. The van der Waals surface area contributed by atoms with Gasteiger partial charge in [-0.25, -0.2) is 4.39 Å². The average Bonchev–Trinajstić information content (AvgIpc) is 3.17. The SMILES string of the molecule is O=C(CCc1ccc(F)cc1)Nc1cc(-c2ccn[nH]2)cs1. The van der Waals surface area contributed by atoms with E-state index in [2.05, 4.69) is 15.5 Å². The van der Waals surface area contributed by atoms with Gasteiger partial charge < -0.3 is 5.32 Å². The molecule has 0 unspecified atom stereocenters. The normalized spacial score (nSPS) is 10.6. The summed E-state index contributed by atoms with van der Waals surface area (Å²) in [4.78, 5) is 11.9. The molecule has 0 aliphatic carbocycles. The lowest BCUT2D eigenvalue weighted by Gasteiger charge is -2.03. The smallest absolute Gasteiger partial charge is 0.225 e. The number of halogens is 1. The maximum Gasteiger partial charge on any atom is 0.225 e. The zero-order valence-corrected chi connectivity index (χ0v) is 12.5. The molecule has 3 aromatic rings. The summed E-state index contributed by atoms with van der Waals surface area (Å²) in [7, 11) is 0. The molecule has 0 spiro atoms. The van der Waals surface area contributed by atoms with Gasteiger partial charge in [-0.2, -0.15) is 5.10 Å². The predicted molar refractivity (Wildman–Crippen MR) is 85.3 cm³/mol. The number of aromatic amines is 1. The quantitative estimate of drug-likeness (QED) is 0.751. The second-order valence-electron chi connectivity index (χ2n) is 4.84. The van der Waals surface area contributed by atoms with E-state index in [1.807, 2.05) is 17.5 Å². The van der Waals surface area contributed by atoms with E-state index >= 15 is 0 Å². The van der Waals surface area contributed by atoms with E-state index in [1.165, 1.54) is 23.5 Å². The Kier molecular flexibility index (Phi) is 4.29. The number of amides is 1. The van der Waals surface area contributed by atoms with E-state index in [0.717, 1.165) is 21.8 Å². The number of carbonyl (C=O) groups is 1. The molecule has 2 aromatic heterocycles. The van der Waals surface area contributed by atoms with Crippen molar-refractivity contribution < 1.29 is 9.18 Å². The summed E-state index contributed by atoms with van der Waals surface area (Å²) < 4.78 is 12.8. The Labute approximate surface area is 131 Å². The Balaban J connectivity index is 1.54. The summed E-state index contributed by atoms with van der Waals surface area (Å²) in [5, 5.41) is 12.4. The topological polar surface area (TPSA) is 57.8 Å². The van der Waals surface area contributed by atoms with Gasteiger partial charge in [-0.3, -0.25) is 9.89 Å². The maximum atomic E-state index is 12.8. The van der Waals surface area contributed by atoms with Crippen LogP contribution in [0.3, 0.4) is 0 Å². The molecule has 0 atom stereocenters. The first kappa shape index (κ1) is 14.5. The van der Waals surface area contributed by atoms with Crippen LogP contribution in [-0.2, 0) is 11.2 Å². The standard InChI is InChI=1S/C16H14FN3OS/c17-13-4-1-11(2-5-13)3-6-15(21)19-16-9-12(10-22-16)14-7-8-18-20-14/h1-2,4-5,7-10H,3,6H2,(H,18,20)(H,19,21). The van der Waals surface area contributed by atoms with Crippen LogP contribution in [0.15, 0.2) is 48.0 Å². The number of hydrogen-bond acceptors (Lipinski definition) is 3. The summed E-state index contributed by atoms with van der Waals surface area (Å²) in [5.41, 5.74) is 2.86. The Bertz CT molecular complexity index is 750. The molecule has 0 saturated carbocycles. The van der Waals surface area contributed by atoms with E-state index < -0.39 is 0 Å². The Morgan fingerprint density at radius 1 is 1.27 bits per heavy atom. The van der Waals surface area contributed by atoms with E-state index in [1.54, 1.807) is 18.3 Å². The Hall–Kier alpha value is -2.47. The van der Waals surface area contributed by atoms with Crippen LogP contribution in [0.5, 0.6) is 0 Å². The molecule has 4 nitrogen and oxygen atoms in total. The molecule has 0 saturated heterocycles. The zero-order valence-electron chi connectivity index (χ0n) is 11.7. The van der Waals surface area contributed by atoms with Gasteiger partial charge in [0.15, 0.2) is 0 Å². The van der Waals surface area contributed by atoms with Crippen molar-refractivity contribution in [3.8, 4) is 11.3 Å². The predicted octanol–water partition coefficient (Wildman–Crippen LogP) is 3.85. The Morgan fingerprint density at radius 3 is 2.82 bits per heavy atom. The highest BCUT2D eigenvalue weighted by molar-refractivity contribution is 7.14. The first-order valence-electron chi connectivity index (χ1n) is 6.83. The van der Waals surface area contributed by atoms with Crippen LogP contribution in [0.2, 0.25) is 0 Å². The number of aryl methyl sites for hydroxylation is 1. The first-order chi connectivity index (χ1) is 10.7. The lowest BCUT2D eigenvalue weighted by atomic mass is 10.1. The molecule has 0 fully saturated rings. The molecule has 2 N–H and O–H groups in total. The number of carbonyl (C=O) groups excluding carboxylic acids is 1. The van der Waals surface area contributed by atoms with Crippen LogP contribution < -0.4 is 5.32 Å². The minimum atomic E-state index is -0.266. The van der Waals surface area contributed by atoms with Gasteiger partial charge in [0.1, 0.15) is 5.82 Å². The highest BCUT2D eigenvalue weighted by atomic mass is 32.1. The first-order valence-corrected chi connectivity index (χ1v) is 7.71. The molecule has 22 heavy (non-hydrogen) atoms. The fourth-order valence-electron chi connectivity index (χ4n) is 2.07. The van der Waals surface area contributed by atoms with Crippen LogP contribution in [-0.4, -0.2) is 16.1 Å². The van der Waals surface area contributed by atoms with Gasteiger partial charge in [-0.15, -0.1) is 11.3 Å². The van der Waals surface area contributed by atoms with Crippen molar-refractivity contribution in [1.29, 1.82) is 0 Å². The summed E-state index contributed by atoms with van der Waals surface area (Å²) in [6.45, 7) is 0. The number of benzene rings is 1. The lowest BCUT2D eigenvalue weighted by molar-refractivity contribution is -0.116. The third kappa shape index (κ3) is 3.59. The van der Waals surface area contributed by atoms with Crippen molar-refractivity contribution in [2.24, 2.45) is 0 Å². The molecule has 0 bridgehead atoms. The number of H-pyrrole nitrogens is 1. The number of nitrogens with zero attached hydrogens (tertiary/aromatic N) is 1. The van der Waals surface area contributed by atoms with Gasteiger partial charge in [-0.05, 0) is 36.2 Å². The molecule has 1 aromatic carbocycles. The van der Waals surface area contributed by atoms with Gasteiger partial charge in [0.25, 0.3) is 0 Å². The summed E-state index contributed by atoms with van der Waals surface area (Å²) in [5.74, 6) is -0.319. The second-order valence-corrected chi connectivity index (χ2v) is 5.76. The minimum Gasteiger partial charge on any atom is -0.318 e. The summed E-state index contributed by atoms with van der Waals surface area (Å²) >= 11 is 1.47. The molecule has 0 aliphatic heterocycles. The second kappa shape index (κ2) is 6.53. The average molecular weight is 315 g/mol. The molecule has 3 rings (SSSR count). The molecular weight excluding hydrogens is 301 g/mol. The monoisotopic (exact) mass is 315 g/mol. The van der Waals surface area contributed by atoms with Gasteiger partial charge in [0.05, 0.1) is 10.7 Å². The minimum absolute atomic E-state index is 0.0534. The van der Waals surface area contributed by atoms with Crippen LogP contribution >= 0.6 is 11.3 Å². The van der Waals surface area contributed by atoms with Crippen molar-refractivity contribution in [1.82, 2.24) is 10.2 Å². The Morgan fingerprint density at radius 2 is 2.09 bits per heavy atom. The van der Waals surface area contributed by atoms with Gasteiger partial charge in [0, 0.05) is 23.6 Å². The largest absolute Gasteiger partial charge is 0.318 e. The van der Waals surface area contributed by atoms with Crippen molar-refractivity contribution in [3.63, 3.8) is 0 Å². The van der Waals surface area contributed by atoms with E-state index in [9.17, 15) is 9.18 Å². The van der Waals surface area contributed by atoms with Crippen LogP contribution in [0.25, 0.3) is 11.3 Å². The van der Waals surface area contributed by atoms with Gasteiger partial charge >= 0.3 is 0 Å². The number of nitrogens with one attached hydrogen (secondary N) is 2. The molecule has 112 valence electrons. The third-order valence-corrected chi connectivity index (χ3v) is 4.07. The number of aromatic nitrogens is 2. The summed E-state index contributed by atoms with van der Waals surface area (Å²) in [6.07, 6.45) is 2.64. The van der Waals surface area contributed by atoms with Crippen molar-refractivity contribution in [2.75, 3.05) is 5.32 Å². The fourth-order valence-corrected chi connectivity index (χ4v) is 2.89. The summed E-state index contributed by atoms with van der Waals surface area (Å²) in [6, 6.07) is 10.00. The highest BCUT2D eigenvalue weighted by Gasteiger charge is 2.07. The van der Waals surface area contributed by atoms with Crippen LogP contribution in [0, 0.1) is 5.82 Å². The number of thiophene rings is 1. The molecule has 6 heteroatoms.